The molecule has 2 unspecified atom stereocenters. The van der Waals surface area contributed by atoms with E-state index in [1.54, 1.807) is 0 Å². The fraction of sp³-hybridized carbons (Fsp3) is 0.412. The fourth-order valence-electron chi connectivity index (χ4n) is 3.80. The molecule has 0 saturated carbocycles. The summed E-state index contributed by atoms with van der Waals surface area (Å²) in [6, 6.07) is 12.6. The first-order chi connectivity index (χ1) is 8.33. The van der Waals surface area contributed by atoms with E-state index in [-0.39, 0.29) is 11.3 Å². The zero-order chi connectivity index (χ0) is 13.1. The maximum Gasteiger partial charge on any atom is 0.0948 e. The van der Waals surface area contributed by atoms with Crippen molar-refractivity contribution in [2.75, 3.05) is 0 Å². The van der Waals surface area contributed by atoms with Gasteiger partial charge in [-0.1, -0.05) is 57.2 Å². The van der Waals surface area contributed by atoms with Crippen LogP contribution in [0.25, 0.3) is 10.8 Å². The molecule has 0 aromatic heterocycles. The molecule has 94 valence electrons. The van der Waals surface area contributed by atoms with Gasteiger partial charge in [0.2, 0.25) is 0 Å². The van der Waals surface area contributed by atoms with Crippen molar-refractivity contribution in [3.8, 4) is 0 Å². The summed E-state index contributed by atoms with van der Waals surface area (Å²) in [4.78, 5) is 0. The van der Waals surface area contributed by atoms with E-state index in [9.17, 15) is 5.11 Å². The maximum atomic E-state index is 11.0. The van der Waals surface area contributed by atoms with E-state index in [0.29, 0.717) is 0 Å². The number of hydrogen-bond donors (Lipinski definition) is 1. The Balaban J connectivity index is 2.41. The van der Waals surface area contributed by atoms with Gasteiger partial charge in [0, 0.05) is 5.92 Å². The summed E-state index contributed by atoms with van der Waals surface area (Å²) in [5.41, 5.74) is 1.63. The number of benzene rings is 2. The minimum absolute atomic E-state index is 0.0385. The molecule has 1 heteroatoms. The van der Waals surface area contributed by atoms with Crippen molar-refractivity contribution in [2.45, 2.75) is 39.2 Å². The lowest BCUT2D eigenvalue weighted by Gasteiger charge is -2.37. The van der Waals surface area contributed by atoms with Crippen molar-refractivity contribution < 1.29 is 5.11 Å². The largest absolute Gasteiger partial charge is 0.385 e. The van der Waals surface area contributed by atoms with Crippen LogP contribution in [-0.4, -0.2) is 5.11 Å². The summed E-state index contributed by atoms with van der Waals surface area (Å²) >= 11 is 0. The van der Waals surface area contributed by atoms with E-state index < -0.39 is 5.60 Å². The molecule has 0 fully saturated rings. The molecule has 1 aliphatic carbocycles. The zero-order valence-electron chi connectivity index (χ0n) is 11.5. The second-order valence-electron chi connectivity index (χ2n) is 6.70. The van der Waals surface area contributed by atoms with Crippen LogP contribution in [0.1, 0.15) is 44.7 Å². The summed E-state index contributed by atoms with van der Waals surface area (Å²) in [6.45, 7) is 8.57. The first kappa shape index (κ1) is 11.7. The van der Waals surface area contributed by atoms with Crippen LogP contribution in [0, 0.1) is 5.41 Å². The molecule has 0 aliphatic heterocycles. The summed E-state index contributed by atoms with van der Waals surface area (Å²) < 4.78 is 0. The van der Waals surface area contributed by atoms with Crippen LogP contribution in [0.4, 0.5) is 0 Å². The van der Waals surface area contributed by atoms with Gasteiger partial charge < -0.3 is 5.11 Å². The SMILES string of the molecule is CC(C)(C)C1c2cccc3cccc(c23)C1(C)O. The molecule has 2 atom stereocenters. The lowest BCUT2D eigenvalue weighted by Crippen LogP contribution is -2.34. The Kier molecular flexibility index (Phi) is 2.19. The highest BCUT2D eigenvalue weighted by Crippen LogP contribution is 2.56. The standard InChI is InChI=1S/C17H20O/c1-16(2,3)15-12-9-5-7-11-8-6-10-13(14(11)12)17(15,4)18/h5-10,15,18H,1-4H3. The molecule has 0 heterocycles. The van der Waals surface area contributed by atoms with Crippen LogP contribution in [0.15, 0.2) is 36.4 Å². The van der Waals surface area contributed by atoms with E-state index in [1.807, 2.05) is 13.0 Å². The van der Waals surface area contributed by atoms with E-state index in [0.717, 1.165) is 5.56 Å². The first-order valence-electron chi connectivity index (χ1n) is 6.58. The smallest absolute Gasteiger partial charge is 0.0948 e. The molecule has 0 spiro atoms. The number of rotatable bonds is 0. The average molecular weight is 240 g/mol. The first-order valence-corrected chi connectivity index (χ1v) is 6.58. The summed E-state index contributed by atoms with van der Waals surface area (Å²) in [6.07, 6.45) is 0. The molecular weight excluding hydrogens is 220 g/mol. The Labute approximate surface area is 108 Å². The quantitative estimate of drug-likeness (QED) is 0.732. The monoisotopic (exact) mass is 240 g/mol. The van der Waals surface area contributed by atoms with Gasteiger partial charge in [0.1, 0.15) is 0 Å². The highest BCUT2D eigenvalue weighted by molar-refractivity contribution is 5.92. The van der Waals surface area contributed by atoms with Crippen LogP contribution < -0.4 is 0 Å². The maximum absolute atomic E-state index is 11.0. The normalized spacial score (nSPS) is 26.8. The van der Waals surface area contributed by atoms with Gasteiger partial charge in [-0.2, -0.15) is 0 Å². The Morgan fingerprint density at radius 3 is 2.28 bits per heavy atom. The Hall–Kier alpha value is -1.34. The third-order valence-electron chi connectivity index (χ3n) is 4.22. The summed E-state index contributed by atoms with van der Waals surface area (Å²) in [7, 11) is 0. The van der Waals surface area contributed by atoms with Crippen LogP contribution in [-0.2, 0) is 5.60 Å². The van der Waals surface area contributed by atoms with Gasteiger partial charge in [0.05, 0.1) is 5.60 Å². The van der Waals surface area contributed by atoms with Crippen LogP contribution in [0.5, 0.6) is 0 Å². The van der Waals surface area contributed by atoms with Crippen molar-refractivity contribution >= 4 is 10.8 Å². The van der Waals surface area contributed by atoms with Crippen molar-refractivity contribution in [1.82, 2.24) is 0 Å². The van der Waals surface area contributed by atoms with Crippen molar-refractivity contribution in [2.24, 2.45) is 5.41 Å². The molecule has 2 aromatic carbocycles. The highest BCUT2D eigenvalue weighted by atomic mass is 16.3. The lowest BCUT2D eigenvalue weighted by atomic mass is 9.70. The van der Waals surface area contributed by atoms with Gasteiger partial charge in [-0.3, -0.25) is 0 Å². The molecule has 1 aliphatic rings. The van der Waals surface area contributed by atoms with E-state index in [2.05, 4.69) is 51.1 Å². The van der Waals surface area contributed by atoms with Gasteiger partial charge >= 0.3 is 0 Å². The van der Waals surface area contributed by atoms with Crippen LogP contribution in [0.2, 0.25) is 0 Å². The van der Waals surface area contributed by atoms with E-state index in [1.165, 1.54) is 16.3 Å². The molecule has 1 N–H and O–H groups in total. The van der Waals surface area contributed by atoms with Gasteiger partial charge in [-0.05, 0) is 34.2 Å². The molecule has 3 rings (SSSR count). The number of hydrogen-bond acceptors (Lipinski definition) is 1. The summed E-state index contributed by atoms with van der Waals surface area (Å²) in [5, 5.41) is 13.5. The zero-order valence-corrected chi connectivity index (χ0v) is 11.5. The van der Waals surface area contributed by atoms with Crippen molar-refractivity contribution in [3.63, 3.8) is 0 Å². The molecule has 0 bridgehead atoms. The summed E-state index contributed by atoms with van der Waals surface area (Å²) in [5.74, 6) is 0.145. The Bertz CT molecular complexity index is 612. The molecule has 18 heavy (non-hydrogen) atoms. The van der Waals surface area contributed by atoms with Crippen molar-refractivity contribution in [3.05, 3.63) is 47.5 Å². The minimum atomic E-state index is -0.776. The topological polar surface area (TPSA) is 20.2 Å². The molecule has 0 saturated heterocycles. The third-order valence-corrected chi connectivity index (χ3v) is 4.22. The van der Waals surface area contributed by atoms with E-state index in [4.69, 9.17) is 0 Å². The van der Waals surface area contributed by atoms with Gasteiger partial charge in [-0.25, -0.2) is 0 Å². The Morgan fingerprint density at radius 1 is 1.06 bits per heavy atom. The van der Waals surface area contributed by atoms with Crippen molar-refractivity contribution in [1.29, 1.82) is 0 Å². The van der Waals surface area contributed by atoms with E-state index >= 15 is 0 Å². The fourth-order valence-corrected chi connectivity index (χ4v) is 3.80. The average Bonchev–Trinajstić information content (AvgIpc) is 2.49. The van der Waals surface area contributed by atoms with Gasteiger partial charge in [0.25, 0.3) is 0 Å². The minimum Gasteiger partial charge on any atom is -0.385 e. The molecular formula is C17H20O. The molecule has 0 amide bonds. The van der Waals surface area contributed by atoms with Gasteiger partial charge in [-0.15, -0.1) is 0 Å². The van der Waals surface area contributed by atoms with Gasteiger partial charge in [0.15, 0.2) is 0 Å². The Morgan fingerprint density at radius 2 is 1.67 bits per heavy atom. The molecule has 1 nitrogen and oxygen atoms in total. The van der Waals surface area contributed by atoms with Crippen LogP contribution in [0.3, 0.4) is 0 Å². The predicted octanol–water partition coefficient (Wildman–Crippen LogP) is 4.19. The third kappa shape index (κ3) is 1.37. The number of aliphatic hydroxyl groups is 1. The lowest BCUT2D eigenvalue weighted by molar-refractivity contribution is -0.00491. The van der Waals surface area contributed by atoms with Crippen LogP contribution >= 0.6 is 0 Å². The highest BCUT2D eigenvalue weighted by Gasteiger charge is 2.48. The molecule has 2 aromatic rings. The second-order valence-corrected chi connectivity index (χ2v) is 6.70. The second kappa shape index (κ2) is 3.36. The predicted molar refractivity (Wildman–Crippen MR) is 75.7 cm³/mol. The molecule has 0 radical (unpaired) electrons.